The third-order valence-electron chi connectivity index (χ3n) is 4.21. The Kier molecular flexibility index (Phi) is 4.57. The molecule has 0 aliphatic carbocycles. The molecule has 0 heterocycles. The van der Waals surface area contributed by atoms with Gasteiger partial charge in [0.1, 0.15) is 0 Å². The first-order chi connectivity index (χ1) is 11.5. The van der Waals surface area contributed by atoms with Gasteiger partial charge >= 0.3 is 0 Å². The van der Waals surface area contributed by atoms with Gasteiger partial charge in [0.2, 0.25) is 0 Å². The van der Waals surface area contributed by atoms with Gasteiger partial charge in [0.15, 0.2) is 0 Å². The summed E-state index contributed by atoms with van der Waals surface area (Å²) >= 11 is 0. The second-order valence-corrected chi connectivity index (χ2v) is 6.42. The van der Waals surface area contributed by atoms with Gasteiger partial charge < -0.3 is 9.80 Å². The van der Waals surface area contributed by atoms with E-state index >= 15 is 0 Å². The van der Waals surface area contributed by atoms with Crippen LogP contribution < -0.4 is 9.80 Å². The molecule has 0 unspecified atom stereocenters. The molecule has 0 N–H and O–H groups in total. The highest BCUT2D eigenvalue weighted by molar-refractivity contribution is 5.77. The number of rotatable bonds is 4. The lowest BCUT2D eigenvalue weighted by molar-refractivity contribution is 1.13. The third-order valence-corrected chi connectivity index (χ3v) is 4.21. The minimum atomic E-state index is 1.16. The highest BCUT2D eigenvalue weighted by atomic mass is 15.1. The van der Waals surface area contributed by atoms with Gasteiger partial charge in [-0.2, -0.15) is 0 Å². The number of aryl methyl sites for hydroxylation is 2. The Labute approximate surface area is 145 Å². The summed E-state index contributed by atoms with van der Waals surface area (Å²) in [6.07, 6.45) is 0. The van der Waals surface area contributed by atoms with E-state index in [9.17, 15) is 0 Å². The molecule has 2 heteroatoms. The Hall–Kier alpha value is -2.74. The van der Waals surface area contributed by atoms with Crippen molar-refractivity contribution in [2.24, 2.45) is 0 Å². The zero-order valence-electron chi connectivity index (χ0n) is 14.8. The maximum absolute atomic E-state index is 2.29. The van der Waals surface area contributed by atoms with Crippen LogP contribution in [0.5, 0.6) is 0 Å². The summed E-state index contributed by atoms with van der Waals surface area (Å²) in [5.74, 6) is 0. The van der Waals surface area contributed by atoms with E-state index in [0.29, 0.717) is 0 Å². The second kappa shape index (κ2) is 6.79. The maximum Gasteiger partial charge on any atom is 0.0463 e. The molecule has 3 rings (SSSR count). The van der Waals surface area contributed by atoms with Crippen molar-refractivity contribution in [1.29, 1.82) is 0 Å². The number of benzene rings is 3. The highest BCUT2D eigenvalue weighted by Crippen LogP contribution is 2.35. The average Bonchev–Trinajstić information content (AvgIpc) is 2.59. The van der Waals surface area contributed by atoms with Crippen molar-refractivity contribution in [3.8, 4) is 0 Å². The van der Waals surface area contributed by atoms with E-state index in [-0.39, 0.29) is 0 Å². The topological polar surface area (TPSA) is 6.48 Å². The fraction of sp³-hybridized carbons (Fsp3) is 0.182. The van der Waals surface area contributed by atoms with Gasteiger partial charge in [-0.05, 0) is 62.4 Å². The molecule has 0 bridgehead atoms. The molecule has 0 amide bonds. The molecule has 24 heavy (non-hydrogen) atoms. The Morgan fingerprint density at radius 1 is 0.458 bits per heavy atom. The predicted molar refractivity (Wildman–Crippen MR) is 105 cm³/mol. The molecule has 122 valence electrons. The molecule has 0 fully saturated rings. The number of hydrogen-bond acceptors (Lipinski definition) is 2. The minimum Gasteiger partial charge on any atom is -0.378 e. The maximum atomic E-state index is 2.29. The van der Waals surface area contributed by atoms with Crippen molar-refractivity contribution in [3.63, 3.8) is 0 Å². The van der Waals surface area contributed by atoms with E-state index in [4.69, 9.17) is 0 Å². The summed E-state index contributed by atoms with van der Waals surface area (Å²) in [5, 5.41) is 0. The van der Waals surface area contributed by atoms with Crippen LogP contribution in [-0.4, -0.2) is 14.1 Å². The molecule has 0 aromatic heterocycles. The third kappa shape index (κ3) is 3.43. The second-order valence-electron chi connectivity index (χ2n) is 6.42. The zero-order chi connectivity index (χ0) is 17.1. The fourth-order valence-corrected chi connectivity index (χ4v) is 2.73. The molecule has 0 spiro atoms. The molecule has 3 aromatic carbocycles. The molecule has 0 radical (unpaired) electrons. The van der Waals surface area contributed by atoms with Crippen molar-refractivity contribution >= 4 is 22.7 Å². The van der Waals surface area contributed by atoms with Crippen molar-refractivity contribution < 1.29 is 0 Å². The van der Waals surface area contributed by atoms with E-state index < -0.39 is 0 Å². The normalized spacial score (nSPS) is 10.5. The SMILES string of the molecule is Cc1ccc(N(c2ccc(C)cc2)c2ccc(N(C)C)cc2)cc1. The molecular weight excluding hydrogens is 292 g/mol. The van der Waals surface area contributed by atoms with Gasteiger partial charge in [0, 0.05) is 36.8 Å². The van der Waals surface area contributed by atoms with E-state index in [1.54, 1.807) is 0 Å². The summed E-state index contributed by atoms with van der Waals surface area (Å²) in [4.78, 5) is 4.41. The van der Waals surface area contributed by atoms with E-state index in [1.165, 1.54) is 28.2 Å². The lowest BCUT2D eigenvalue weighted by Crippen LogP contribution is -2.11. The lowest BCUT2D eigenvalue weighted by atomic mass is 10.1. The Morgan fingerprint density at radius 2 is 0.750 bits per heavy atom. The van der Waals surface area contributed by atoms with Crippen LogP contribution in [-0.2, 0) is 0 Å². The van der Waals surface area contributed by atoms with Crippen molar-refractivity contribution in [3.05, 3.63) is 83.9 Å². The Morgan fingerprint density at radius 3 is 1.08 bits per heavy atom. The quantitative estimate of drug-likeness (QED) is 0.596. The van der Waals surface area contributed by atoms with Crippen molar-refractivity contribution in [1.82, 2.24) is 0 Å². The van der Waals surface area contributed by atoms with Crippen LogP contribution in [0.25, 0.3) is 0 Å². The summed E-state index contributed by atoms with van der Waals surface area (Å²) in [6.45, 7) is 4.23. The molecule has 0 aliphatic rings. The first-order valence-corrected chi connectivity index (χ1v) is 8.25. The molecule has 3 aromatic rings. The molecule has 0 atom stereocenters. The largest absolute Gasteiger partial charge is 0.378 e. The van der Waals surface area contributed by atoms with Crippen LogP contribution in [0.4, 0.5) is 22.7 Å². The number of hydrogen-bond donors (Lipinski definition) is 0. The fourth-order valence-electron chi connectivity index (χ4n) is 2.73. The molecule has 0 saturated heterocycles. The van der Waals surface area contributed by atoms with E-state index in [1.807, 2.05) is 0 Å². The molecular formula is C22H24N2. The van der Waals surface area contributed by atoms with Gasteiger partial charge in [-0.15, -0.1) is 0 Å². The van der Waals surface area contributed by atoms with Gasteiger partial charge in [-0.1, -0.05) is 35.4 Å². The summed E-state index contributed by atoms with van der Waals surface area (Å²) < 4.78 is 0. The van der Waals surface area contributed by atoms with Crippen molar-refractivity contribution in [2.75, 3.05) is 23.9 Å². The Bertz CT molecular complexity index is 739. The first kappa shape index (κ1) is 16.1. The smallest absolute Gasteiger partial charge is 0.0463 e. The summed E-state index contributed by atoms with van der Waals surface area (Å²) in [6, 6.07) is 26.0. The van der Waals surface area contributed by atoms with Crippen LogP contribution >= 0.6 is 0 Å². The molecule has 2 nitrogen and oxygen atoms in total. The van der Waals surface area contributed by atoms with Gasteiger partial charge in [0.05, 0.1) is 0 Å². The van der Waals surface area contributed by atoms with Crippen molar-refractivity contribution in [2.45, 2.75) is 13.8 Å². The standard InChI is InChI=1S/C22H24N2/c1-17-5-9-20(10-6-17)24(21-11-7-18(2)8-12-21)22-15-13-19(14-16-22)23(3)4/h5-16H,1-4H3. The average molecular weight is 316 g/mol. The number of anilines is 4. The van der Waals surface area contributed by atoms with E-state index in [0.717, 1.165) is 5.69 Å². The van der Waals surface area contributed by atoms with Gasteiger partial charge in [-0.25, -0.2) is 0 Å². The first-order valence-electron chi connectivity index (χ1n) is 8.25. The van der Waals surface area contributed by atoms with Crippen LogP contribution in [0.3, 0.4) is 0 Å². The van der Waals surface area contributed by atoms with Gasteiger partial charge in [-0.3, -0.25) is 0 Å². The van der Waals surface area contributed by atoms with Crippen LogP contribution in [0.2, 0.25) is 0 Å². The van der Waals surface area contributed by atoms with Gasteiger partial charge in [0.25, 0.3) is 0 Å². The Balaban J connectivity index is 2.07. The molecule has 0 aliphatic heterocycles. The summed E-state index contributed by atoms with van der Waals surface area (Å²) in [5.41, 5.74) is 7.24. The zero-order valence-corrected chi connectivity index (χ0v) is 14.8. The minimum absolute atomic E-state index is 1.16. The summed E-state index contributed by atoms with van der Waals surface area (Å²) in [7, 11) is 4.12. The molecule has 0 saturated carbocycles. The van der Waals surface area contributed by atoms with E-state index in [2.05, 4.69) is 111 Å². The number of nitrogens with zero attached hydrogens (tertiary/aromatic N) is 2. The predicted octanol–water partition coefficient (Wildman–Crippen LogP) is 5.84. The highest BCUT2D eigenvalue weighted by Gasteiger charge is 2.12. The van der Waals surface area contributed by atoms with Crippen LogP contribution in [0, 0.1) is 13.8 Å². The lowest BCUT2D eigenvalue weighted by Gasteiger charge is -2.26. The monoisotopic (exact) mass is 316 g/mol. The van der Waals surface area contributed by atoms with Crippen LogP contribution in [0.1, 0.15) is 11.1 Å². The van der Waals surface area contributed by atoms with Crippen LogP contribution in [0.15, 0.2) is 72.8 Å².